The number of halogens is 2. The Morgan fingerprint density at radius 3 is 2.80 bits per heavy atom. The summed E-state index contributed by atoms with van der Waals surface area (Å²) >= 11 is 0. The summed E-state index contributed by atoms with van der Waals surface area (Å²) in [5, 5.41) is 6.16. The number of nitrogens with one attached hydrogen (secondary N) is 2. The van der Waals surface area contributed by atoms with E-state index >= 15 is 0 Å². The van der Waals surface area contributed by atoms with Gasteiger partial charge in [-0.2, -0.15) is 0 Å². The van der Waals surface area contributed by atoms with E-state index < -0.39 is 0 Å². The Balaban J connectivity index is 0.00000200. The molecule has 0 aliphatic carbocycles. The number of rotatable bonds is 5. The molecule has 112 valence electrons. The van der Waals surface area contributed by atoms with Gasteiger partial charge in [0.15, 0.2) is 0 Å². The summed E-state index contributed by atoms with van der Waals surface area (Å²) in [6.07, 6.45) is 0.235. The van der Waals surface area contributed by atoms with E-state index in [1.54, 1.807) is 12.1 Å². The fourth-order valence-corrected chi connectivity index (χ4v) is 2.18. The molecule has 2 rings (SSSR count). The van der Waals surface area contributed by atoms with Gasteiger partial charge in [-0.3, -0.25) is 9.69 Å². The third-order valence-electron chi connectivity index (χ3n) is 3.21. The number of hydrogen-bond donors (Lipinski definition) is 2. The van der Waals surface area contributed by atoms with Crippen LogP contribution in [0.2, 0.25) is 0 Å². The minimum atomic E-state index is -0.300. The second kappa shape index (κ2) is 8.89. The highest BCUT2D eigenvalue weighted by molar-refractivity contribution is 5.85. The number of carbonyl (C=O) groups is 1. The maximum atomic E-state index is 13.0. The van der Waals surface area contributed by atoms with Crippen molar-refractivity contribution in [2.45, 2.75) is 6.42 Å². The molecule has 0 atom stereocenters. The van der Waals surface area contributed by atoms with Gasteiger partial charge in [-0.1, -0.05) is 12.1 Å². The van der Waals surface area contributed by atoms with Crippen LogP contribution in [0.25, 0.3) is 0 Å². The molecule has 0 unspecified atom stereocenters. The van der Waals surface area contributed by atoms with Gasteiger partial charge >= 0.3 is 0 Å². The topological polar surface area (TPSA) is 44.4 Å². The number of amides is 1. The molecule has 1 fully saturated rings. The van der Waals surface area contributed by atoms with Crippen LogP contribution in [-0.2, 0) is 11.2 Å². The molecule has 0 saturated carbocycles. The summed E-state index contributed by atoms with van der Waals surface area (Å²) in [5.41, 5.74) is 0.708. The summed E-state index contributed by atoms with van der Waals surface area (Å²) in [6, 6.07) is 6.17. The molecule has 1 aromatic carbocycles. The van der Waals surface area contributed by atoms with E-state index in [0.29, 0.717) is 12.1 Å². The van der Waals surface area contributed by atoms with Crippen molar-refractivity contribution in [2.24, 2.45) is 0 Å². The van der Waals surface area contributed by atoms with E-state index in [9.17, 15) is 9.18 Å². The van der Waals surface area contributed by atoms with Crippen molar-refractivity contribution in [1.29, 1.82) is 0 Å². The fraction of sp³-hybridized carbons (Fsp3) is 0.500. The van der Waals surface area contributed by atoms with Crippen LogP contribution in [0, 0.1) is 5.82 Å². The third kappa shape index (κ3) is 5.86. The van der Waals surface area contributed by atoms with Gasteiger partial charge < -0.3 is 10.6 Å². The van der Waals surface area contributed by atoms with E-state index in [0.717, 1.165) is 32.7 Å². The smallest absolute Gasteiger partial charge is 0.224 e. The second-order valence-corrected chi connectivity index (χ2v) is 4.75. The van der Waals surface area contributed by atoms with E-state index in [4.69, 9.17) is 0 Å². The van der Waals surface area contributed by atoms with Crippen molar-refractivity contribution in [1.82, 2.24) is 15.5 Å². The van der Waals surface area contributed by atoms with Crippen LogP contribution in [0.15, 0.2) is 24.3 Å². The van der Waals surface area contributed by atoms with Gasteiger partial charge in [0.05, 0.1) is 6.42 Å². The number of carbonyl (C=O) groups excluding carboxylic acids is 1. The molecule has 2 N–H and O–H groups in total. The quantitative estimate of drug-likeness (QED) is 0.846. The number of nitrogens with zero attached hydrogens (tertiary/aromatic N) is 1. The Kier molecular flexibility index (Phi) is 7.51. The van der Waals surface area contributed by atoms with Crippen LogP contribution in [0.4, 0.5) is 4.39 Å². The molecule has 1 aromatic rings. The summed E-state index contributed by atoms with van der Waals surface area (Å²) in [7, 11) is 0. The highest BCUT2D eigenvalue weighted by Gasteiger charge is 2.09. The first kappa shape index (κ1) is 16.9. The lowest BCUT2D eigenvalue weighted by Crippen LogP contribution is -2.46. The average Bonchev–Trinajstić information content (AvgIpc) is 2.40. The lowest BCUT2D eigenvalue weighted by Gasteiger charge is -2.27. The number of hydrogen-bond acceptors (Lipinski definition) is 3. The SMILES string of the molecule is Cl.O=C(Cc1cccc(F)c1)NCCN1CCNCC1. The Morgan fingerprint density at radius 1 is 1.35 bits per heavy atom. The monoisotopic (exact) mass is 301 g/mol. The van der Waals surface area contributed by atoms with E-state index in [1.807, 2.05) is 0 Å². The molecule has 20 heavy (non-hydrogen) atoms. The van der Waals surface area contributed by atoms with Crippen molar-refractivity contribution in [3.05, 3.63) is 35.6 Å². The summed E-state index contributed by atoms with van der Waals surface area (Å²) in [6.45, 7) is 5.60. The Morgan fingerprint density at radius 2 is 2.10 bits per heavy atom. The van der Waals surface area contributed by atoms with Crippen LogP contribution in [0.1, 0.15) is 5.56 Å². The van der Waals surface area contributed by atoms with Crippen molar-refractivity contribution in [3.63, 3.8) is 0 Å². The van der Waals surface area contributed by atoms with Gasteiger partial charge in [0.2, 0.25) is 5.91 Å². The molecule has 0 spiro atoms. The molecular weight excluding hydrogens is 281 g/mol. The van der Waals surface area contributed by atoms with Crippen LogP contribution in [0.5, 0.6) is 0 Å². The minimum absolute atomic E-state index is 0. The molecule has 6 heteroatoms. The predicted molar refractivity (Wildman–Crippen MR) is 79.7 cm³/mol. The molecule has 1 heterocycles. The predicted octanol–water partition coefficient (Wildman–Crippen LogP) is 0.811. The molecule has 1 amide bonds. The summed E-state index contributed by atoms with van der Waals surface area (Å²) in [5.74, 6) is -0.355. The second-order valence-electron chi connectivity index (χ2n) is 4.75. The lowest BCUT2D eigenvalue weighted by atomic mass is 10.1. The highest BCUT2D eigenvalue weighted by Crippen LogP contribution is 2.03. The molecule has 0 bridgehead atoms. The van der Waals surface area contributed by atoms with Crippen LogP contribution in [0.3, 0.4) is 0 Å². The van der Waals surface area contributed by atoms with Gasteiger partial charge in [-0.15, -0.1) is 12.4 Å². The highest BCUT2D eigenvalue weighted by atomic mass is 35.5. The molecule has 0 aromatic heterocycles. The molecule has 4 nitrogen and oxygen atoms in total. The third-order valence-corrected chi connectivity index (χ3v) is 3.21. The van der Waals surface area contributed by atoms with Crippen molar-refractivity contribution >= 4 is 18.3 Å². The van der Waals surface area contributed by atoms with Gasteiger partial charge in [0.1, 0.15) is 5.82 Å². The van der Waals surface area contributed by atoms with E-state index in [-0.39, 0.29) is 30.6 Å². The Labute approximate surface area is 125 Å². The standard InChI is InChI=1S/C14H20FN3O.ClH/c15-13-3-1-2-12(10-13)11-14(19)17-6-9-18-7-4-16-5-8-18;/h1-3,10,16H,4-9,11H2,(H,17,19);1H. The maximum Gasteiger partial charge on any atom is 0.224 e. The number of piperazine rings is 1. The van der Waals surface area contributed by atoms with Crippen molar-refractivity contribution in [3.8, 4) is 0 Å². The first-order valence-corrected chi connectivity index (χ1v) is 6.68. The zero-order valence-electron chi connectivity index (χ0n) is 11.4. The average molecular weight is 302 g/mol. The van der Waals surface area contributed by atoms with Crippen molar-refractivity contribution < 1.29 is 9.18 Å². The Hall–Kier alpha value is -1.17. The summed E-state index contributed by atoms with van der Waals surface area (Å²) < 4.78 is 13.0. The Bertz CT molecular complexity index is 425. The van der Waals surface area contributed by atoms with Gasteiger partial charge in [-0.05, 0) is 17.7 Å². The molecule has 1 saturated heterocycles. The first-order chi connectivity index (χ1) is 9.24. The van der Waals surface area contributed by atoms with Gasteiger partial charge in [0.25, 0.3) is 0 Å². The normalized spacial score (nSPS) is 15.4. The minimum Gasteiger partial charge on any atom is -0.355 e. The van der Waals surface area contributed by atoms with Crippen LogP contribution in [-0.4, -0.2) is 50.1 Å². The molecule has 1 aliphatic heterocycles. The molecule has 1 aliphatic rings. The first-order valence-electron chi connectivity index (χ1n) is 6.68. The van der Waals surface area contributed by atoms with Crippen molar-refractivity contribution in [2.75, 3.05) is 39.3 Å². The van der Waals surface area contributed by atoms with E-state index in [1.165, 1.54) is 12.1 Å². The maximum absolute atomic E-state index is 13.0. The van der Waals surface area contributed by atoms with Gasteiger partial charge in [-0.25, -0.2) is 4.39 Å². The van der Waals surface area contributed by atoms with Crippen LogP contribution >= 0.6 is 12.4 Å². The largest absolute Gasteiger partial charge is 0.355 e. The van der Waals surface area contributed by atoms with Crippen LogP contribution < -0.4 is 10.6 Å². The zero-order chi connectivity index (χ0) is 13.5. The van der Waals surface area contributed by atoms with Gasteiger partial charge in [0, 0.05) is 39.3 Å². The lowest BCUT2D eigenvalue weighted by molar-refractivity contribution is -0.120. The fourth-order valence-electron chi connectivity index (χ4n) is 2.18. The molecule has 0 radical (unpaired) electrons. The molecular formula is C14H21ClFN3O. The summed E-state index contributed by atoms with van der Waals surface area (Å²) in [4.78, 5) is 14.0. The number of benzene rings is 1. The zero-order valence-corrected chi connectivity index (χ0v) is 12.2. The van der Waals surface area contributed by atoms with E-state index in [2.05, 4.69) is 15.5 Å².